The van der Waals surface area contributed by atoms with E-state index in [-0.39, 0.29) is 0 Å². The Hall–Kier alpha value is -0.750. The summed E-state index contributed by atoms with van der Waals surface area (Å²) in [5.74, 6) is 0. The van der Waals surface area contributed by atoms with Crippen LogP contribution in [-0.4, -0.2) is 18.5 Å². The molecule has 0 aromatic heterocycles. The van der Waals surface area contributed by atoms with Gasteiger partial charge in [0.25, 0.3) is 0 Å². The lowest BCUT2D eigenvalue weighted by molar-refractivity contribution is 0.335. The molecule has 0 spiro atoms. The van der Waals surface area contributed by atoms with Crippen LogP contribution in [0.5, 0.6) is 0 Å². The highest BCUT2D eigenvalue weighted by molar-refractivity contribution is 6.42. The first-order valence-electron chi connectivity index (χ1n) is 4.63. The van der Waals surface area contributed by atoms with Crippen molar-refractivity contribution >= 4 is 23.2 Å². The van der Waals surface area contributed by atoms with E-state index >= 15 is 0 Å². The topological polar surface area (TPSA) is 27.0 Å². The van der Waals surface area contributed by atoms with E-state index in [1.807, 2.05) is 19.2 Å². The van der Waals surface area contributed by atoms with Gasteiger partial charge in [-0.25, -0.2) is 0 Å². The van der Waals surface area contributed by atoms with Crippen LogP contribution in [0.4, 0.5) is 0 Å². The number of halogens is 2. The zero-order valence-electron chi connectivity index (χ0n) is 8.50. The minimum atomic E-state index is 0.540. The summed E-state index contributed by atoms with van der Waals surface area (Å²) in [6, 6.07) is 7.70. The van der Waals surface area contributed by atoms with E-state index in [0.717, 1.165) is 18.7 Å². The maximum atomic E-state index is 8.45. The van der Waals surface area contributed by atoms with Crippen LogP contribution < -0.4 is 0 Å². The van der Waals surface area contributed by atoms with Crippen molar-refractivity contribution < 1.29 is 0 Å². The first kappa shape index (κ1) is 12.3. The quantitative estimate of drug-likeness (QED) is 0.810. The molecule has 1 aromatic rings. The van der Waals surface area contributed by atoms with Crippen molar-refractivity contribution in [3.63, 3.8) is 0 Å². The molecule has 15 heavy (non-hydrogen) atoms. The molecule has 0 saturated heterocycles. The van der Waals surface area contributed by atoms with Gasteiger partial charge in [0.05, 0.1) is 16.1 Å². The second-order valence-electron chi connectivity index (χ2n) is 3.39. The standard InChI is InChI=1S/C11H12Cl2N2/c1-15(6-2-5-14)8-9-3-4-10(12)11(13)7-9/h3-4,7H,2,6,8H2,1H3. The predicted octanol–water partition coefficient (Wildman–Crippen LogP) is 3.34. The molecule has 0 N–H and O–H groups in total. The van der Waals surface area contributed by atoms with Gasteiger partial charge in [0.2, 0.25) is 0 Å². The van der Waals surface area contributed by atoms with Crippen LogP contribution in [0.1, 0.15) is 12.0 Å². The Morgan fingerprint density at radius 3 is 2.67 bits per heavy atom. The average molecular weight is 243 g/mol. The van der Waals surface area contributed by atoms with E-state index in [2.05, 4.69) is 11.0 Å². The maximum Gasteiger partial charge on any atom is 0.0635 e. The normalized spacial score (nSPS) is 10.3. The van der Waals surface area contributed by atoms with Crippen molar-refractivity contribution in [3.8, 4) is 6.07 Å². The van der Waals surface area contributed by atoms with Gasteiger partial charge in [0, 0.05) is 19.5 Å². The molecule has 2 nitrogen and oxygen atoms in total. The second kappa shape index (κ2) is 5.97. The molecule has 0 aliphatic carbocycles. The number of nitriles is 1. The molecule has 0 saturated carbocycles. The third kappa shape index (κ3) is 4.09. The van der Waals surface area contributed by atoms with Crippen LogP contribution in [0.15, 0.2) is 18.2 Å². The van der Waals surface area contributed by atoms with E-state index in [1.165, 1.54) is 0 Å². The molecule has 0 aliphatic rings. The van der Waals surface area contributed by atoms with Crippen LogP contribution in [0.3, 0.4) is 0 Å². The lowest BCUT2D eigenvalue weighted by atomic mass is 10.2. The van der Waals surface area contributed by atoms with Gasteiger partial charge >= 0.3 is 0 Å². The van der Waals surface area contributed by atoms with Crippen molar-refractivity contribution in [3.05, 3.63) is 33.8 Å². The van der Waals surface area contributed by atoms with Crippen LogP contribution in [0.25, 0.3) is 0 Å². The zero-order valence-corrected chi connectivity index (χ0v) is 10.0. The molecule has 0 radical (unpaired) electrons. The lowest BCUT2D eigenvalue weighted by Crippen LogP contribution is -2.18. The summed E-state index contributed by atoms with van der Waals surface area (Å²) in [5.41, 5.74) is 1.10. The highest BCUT2D eigenvalue weighted by atomic mass is 35.5. The number of rotatable bonds is 4. The van der Waals surface area contributed by atoms with E-state index in [4.69, 9.17) is 28.5 Å². The average Bonchev–Trinajstić information content (AvgIpc) is 2.20. The van der Waals surface area contributed by atoms with Crippen molar-refractivity contribution in [2.45, 2.75) is 13.0 Å². The molecule has 1 aromatic carbocycles. The number of benzene rings is 1. The molecular formula is C11H12Cl2N2. The summed E-state index contributed by atoms with van der Waals surface area (Å²) in [6.45, 7) is 1.54. The molecule has 0 atom stereocenters. The van der Waals surface area contributed by atoms with Gasteiger partial charge in [-0.1, -0.05) is 29.3 Å². The zero-order chi connectivity index (χ0) is 11.3. The fraction of sp³-hybridized carbons (Fsp3) is 0.364. The van der Waals surface area contributed by atoms with E-state index in [1.54, 1.807) is 6.07 Å². The van der Waals surface area contributed by atoms with Crippen LogP contribution in [0, 0.1) is 11.3 Å². The Kier molecular flexibility index (Phi) is 4.90. The molecule has 0 fully saturated rings. The molecule has 0 heterocycles. The Balaban J connectivity index is 2.57. The number of hydrogen-bond donors (Lipinski definition) is 0. The third-order valence-corrected chi connectivity index (χ3v) is 2.78. The van der Waals surface area contributed by atoms with Crippen LogP contribution in [-0.2, 0) is 6.54 Å². The Morgan fingerprint density at radius 2 is 2.07 bits per heavy atom. The van der Waals surface area contributed by atoms with Gasteiger partial charge in [0.1, 0.15) is 0 Å². The third-order valence-electron chi connectivity index (χ3n) is 2.04. The van der Waals surface area contributed by atoms with Gasteiger partial charge in [-0.05, 0) is 24.7 Å². The fourth-order valence-electron chi connectivity index (χ4n) is 1.27. The minimum absolute atomic E-state index is 0.540. The first-order valence-corrected chi connectivity index (χ1v) is 5.38. The smallest absolute Gasteiger partial charge is 0.0635 e. The molecular weight excluding hydrogens is 231 g/mol. The number of nitrogens with zero attached hydrogens (tertiary/aromatic N) is 2. The first-order chi connectivity index (χ1) is 7.13. The van der Waals surface area contributed by atoms with Gasteiger partial charge < -0.3 is 4.90 Å². The van der Waals surface area contributed by atoms with E-state index in [9.17, 15) is 0 Å². The maximum absolute atomic E-state index is 8.45. The summed E-state index contributed by atoms with van der Waals surface area (Å²) in [7, 11) is 1.97. The highest BCUT2D eigenvalue weighted by Crippen LogP contribution is 2.23. The van der Waals surface area contributed by atoms with E-state index in [0.29, 0.717) is 16.5 Å². The van der Waals surface area contributed by atoms with Crippen LogP contribution in [0.2, 0.25) is 10.0 Å². The van der Waals surface area contributed by atoms with Gasteiger partial charge in [0.15, 0.2) is 0 Å². The van der Waals surface area contributed by atoms with Gasteiger partial charge in [-0.2, -0.15) is 5.26 Å². The van der Waals surface area contributed by atoms with Gasteiger partial charge in [-0.15, -0.1) is 0 Å². The molecule has 80 valence electrons. The van der Waals surface area contributed by atoms with Crippen molar-refractivity contribution in [1.29, 1.82) is 5.26 Å². The summed E-state index contributed by atoms with van der Waals surface area (Å²) in [4.78, 5) is 2.07. The van der Waals surface area contributed by atoms with Crippen molar-refractivity contribution in [1.82, 2.24) is 4.90 Å². The predicted molar refractivity (Wildman–Crippen MR) is 63.0 cm³/mol. The summed E-state index contributed by atoms with van der Waals surface area (Å²) in [6.07, 6.45) is 0.540. The molecule has 0 amide bonds. The largest absolute Gasteiger partial charge is 0.301 e. The summed E-state index contributed by atoms with van der Waals surface area (Å²) >= 11 is 11.7. The Labute approximate surface area is 100 Å². The molecule has 0 bridgehead atoms. The molecule has 0 aliphatic heterocycles. The van der Waals surface area contributed by atoms with Crippen LogP contribution >= 0.6 is 23.2 Å². The molecule has 4 heteroatoms. The van der Waals surface area contributed by atoms with Gasteiger partial charge in [-0.3, -0.25) is 0 Å². The molecule has 0 unspecified atom stereocenters. The SMILES string of the molecule is CN(CCC#N)Cc1ccc(Cl)c(Cl)c1. The monoisotopic (exact) mass is 242 g/mol. The summed E-state index contributed by atoms with van der Waals surface area (Å²) < 4.78 is 0. The minimum Gasteiger partial charge on any atom is -0.301 e. The highest BCUT2D eigenvalue weighted by Gasteiger charge is 2.02. The molecule has 1 rings (SSSR count). The second-order valence-corrected chi connectivity index (χ2v) is 4.21. The Bertz CT molecular complexity index is 371. The lowest BCUT2D eigenvalue weighted by Gasteiger charge is -2.14. The van der Waals surface area contributed by atoms with Crippen molar-refractivity contribution in [2.75, 3.05) is 13.6 Å². The van der Waals surface area contributed by atoms with E-state index < -0.39 is 0 Å². The fourth-order valence-corrected chi connectivity index (χ4v) is 1.59. The summed E-state index contributed by atoms with van der Waals surface area (Å²) in [5, 5.41) is 9.59. The number of hydrogen-bond acceptors (Lipinski definition) is 2. The van der Waals surface area contributed by atoms with Crippen molar-refractivity contribution in [2.24, 2.45) is 0 Å². The Morgan fingerprint density at radius 1 is 1.33 bits per heavy atom.